The highest BCUT2D eigenvalue weighted by atomic mass is 16.2. The van der Waals surface area contributed by atoms with Crippen LogP contribution >= 0.6 is 0 Å². The summed E-state index contributed by atoms with van der Waals surface area (Å²) in [5, 5.41) is 3.40. The number of primary amides is 1. The lowest BCUT2D eigenvalue weighted by Gasteiger charge is -2.37. The Bertz CT molecular complexity index is 358. The van der Waals surface area contributed by atoms with Crippen molar-refractivity contribution in [3.63, 3.8) is 0 Å². The van der Waals surface area contributed by atoms with E-state index in [9.17, 15) is 9.59 Å². The van der Waals surface area contributed by atoms with Crippen molar-refractivity contribution < 1.29 is 9.59 Å². The van der Waals surface area contributed by atoms with E-state index >= 15 is 0 Å². The molecule has 0 radical (unpaired) electrons. The molecule has 0 aromatic rings. The molecule has 1 saturated carbocycles. The predicted octanol–water partition coefficient (Wildman–Crippen LogP) is 1.17. The third-order valence-corrected chi connectivity index (χ3v) is 4.68. The van der Waals surface area contributed by atoms with Gasteiger partial charge in [0, 0.05) is 6.04 Å². The molecule has 0 aromatic carbocycles. The van der Waals surface area contributed by atoms with Crippen molar-refractivity contribution in [2.45, 2.75) is 69.9 Å². The van der Waals surface area contributed by atoms with E-state index in [1.165, 1.54) is 0 Å². The van der Waals surface area contributed by atoms with Crippen LogP contribution in [-0.2, 0) is 9.59 Å². The Kier molecular flexibility index (Phi) is 5.02. The largest absolute Gasteiger partial charge is 0.368 e. The molecule has 1 aliphatic carbocycles. The van der Waals surface area contributed by atoms with Gasteiger partial charge in [0.25, 0.3) is 0 Å². The van der Waals surface area contributed by atoms with Gasteiger partial charge in [-0.25, -0.2) is 0 Å². The lowest BCUT2D eigenvalue weighted by molar-refractivity contribution is -0.143. The molecular formula is C15H27N3O2. The molecule has 20 heavy (non-hydrogen) atoms. The number of hydrogen-bond donors (Lipinski definition) is 2. The number of carbonyl (C=O) groups excluding carboxylic acids is 2. The second kappa shape index (κ2) is 6.57. The average Bonchev–Trinajstić information content (AvgIpc) is 3.07. The van der Waals surface area contributed by atoms with Crippen molar-refractivity contribution >= 4 is 11.8 Å². The first-order valence-corrected chi connectivity index (χ1v) is 7.93. The molecule has 1 saturated heterocycles. The summed E-state index contributed by atoms with van der Waals surface area (Å²) in [6, 6.07) is 0.200. The van der Waals surface area contributed by atoms with Crippen LogP contribution in [0.2, 0.25) is 0 Å². The molecule has 2 amide bonds. The molecule has 5 heteroatoms. The van der Waals surface area contributed by atoms with E-state index in [-0.39, 0.29) is 18.5 Å². The third kappa shape index (κ3) is 3.14. The van der Waals surface area contributed by atoms with Gasteiger partial charge < -0.3 is 16.0 Å². The summed E-state index contributed by atoms with van der Waals surface area (Å²) in [5.41, 5.74) is 4.91. The standard InChI is InChI=1S/C15H27N3O2/c1-2-8-15(9-5-10-17-15)14(20)18(11-13(16)19)12-6-3-4-7-12/h12,17H,2-11H2,1H3,(H2,16,19). The quantitative estimate of drug-likeness (QED) is 0.767. The summed E-state index contributed by atoms with van der Waals surface area (Å²) < 4.78 is 0. The van der Waals surface area contributed by atoms with Crippen molar-refractivity contribution in [1.82, 2.24) is 10.2 Å². The van der Waals surface area contributed by atoms with Crippen molar-refractivity contribution in [2.24, 2.45) is 5.73 Å². The Hall–Kier alpha value is -1.10. The van der Waals surface area contributed by atoms with Crippen molar-refractivity contribution in [1.29, 1.82) is 0 Å². The SMILES string of the molecule is CCCC1(C(=O)N(CC(N)=O)C2CCCC2)CCCN1. The topological polar surface area (TPSA) is 75.4 Å². The van der Waals surface area contributed by atoms with Gasteiger partial charge in [0.15, 0.2) is 0 Å². The Balaban J connectivity index is 2.17. The minimum atomic E-state index is -0.452. The lowest BCUT2D eigenvalue weighted by atomic mass is 9.89. The van der Waals surface area contributed by atoms with Gasteiger partial charge in [-0.2, -0.15) is 0 Å². The van der Waals surface area contributed by atoms with E-state index in [1.807, 2.05) is 0 Å². The molecule has 1 unspecified atom stereocenters. The van der Waals surface area contributed by atoms with E-state index in [4.69, 9.17) is 5.73 Å². The fourth-order valence-electron chi connectivity index (χ4n) is 3.76. The summed E-state index contributed by atoms with van der Waals surface area (Å²) >= 11 is 0. The van der Waals surface area contributed by atoms with Crippen LogP contribution in [0.5, 0.6) is 0 Å². The second-order valence-corrected chi connectivity index (χ2v) is 6.20. The first kappa shape index (κ1) is 15.3. The monoisotopic (exact) mass is 281 g/mol. The Morgan fingerprint density at radius 3 is 2.50 bits per heavy atom. The maximum Gasteiger partial charge on any atom is 0.243 e. The first-order chi connectivity index (χ1) is 9.59. The zero-order chi connectivity index (χ0) is 14.6. The van der Waals surface area contributed by atoms with E-state index in [0.29, 0.717) is 0 Å². The Morgan fingerprint density at radius 2 is 2.00 bits per heavy atom. The molecule has 0 bridgehead atoms. The summed E-state index contributed by atoms with van der Waals surface area (Å²) in [6.07, 6.45) is 8.00. The van der Waals surface area contributed by atoms with Gasteiger partial charge in [0.1, 0.15) is 0 Å². The first-order valence-electron chi connectivity index (χ1n) is 7.93. The molecule has 1 atom stereocenters. The van der Waals surface area contributed by atoms with Crippen molar-refractivity contribution in [3.8, 4) is 0 Å². The van der Waals surface area contributed by atoms with Crippen LogP contribution in [-0.4, -0.2) is 41.4 Å². The number of hydrogen-bond acceptors (Lipinski definition) is 3. The average molecular weight is 281 g/mol. The zero-order valence-corrected chi connectivity index (χ0v) is 12.5. The molecule has 5 nitrogen and oxygen atoms in total. The van der Waals surface area contributed by atoms with Crippen molar-refractivity contribution in [3.05, 3.63) is 0 Å². The van der Waals surface area contributed by atoms with Gasteiger partial charge >= 0.3 is 0 Å². The maximum absolute atomic E-state index is 13.0. The number of amides is 2. The van der Waals surface area contributed by atoms with Crippen LogP contribution in [0.15, 0.2) is 0 Å². The van der Waals surface area contributed by atoms with Crippen LogP contribution in [0.1, 0.15) is 58.3 Å². The Labute approximate surface area is 121 Å². The van der Waals surface area contributed by atoms with Gasteiger partial charge in [0.2, 0.25) is 11.8 Å². The highest BCUT2D eigenvalue weighted by Gasteiger charge is 2.44. The summed E-state index contributed by atoms with van der Waals surface area (Å²) in [7, 11) is 0. The lowest BCUT2D eigenvalue weighted by Crippen LogP contribution is -2.58. The smallest absolute Gasteiger partial charge is 0.243 e. The van der Waals surface area contributed by atoms with Crippen LogP contribution in [0.25, 0.3) is 0 Å². The summed E-state index contributed by atoms with van der Waals surface area (Å²) in [5.74, 6) is -0.308. The predicted molar refractivity (Wildman–Crippen MR) is 78.0 cm³/mol. The molecule has 2 aliphatic rings. The van der Waals surface area contributed by atoms with E-state index in [0.717, 1.165) is 57.9 Å². The van der Waals surface area contributed by atoms with Gasteiger partial charge in [-0.3, -0.25) is 9.59 Å². The van der Waals surface area contributed by atoms with Crippen LogP contribution in [0.4, 0.5) is 0 Å². The minimum Gasteiger partial charge on any atom is -0.368 e. The fourth-order valence-corrected chi connectivity index (χ4v) is 3.76. The Morgan fingerprint density at radius 1 is 1.30 bits per heavy atom. The van der Waals surface area contributed by atoms with Gasteiger partial charge in [-0.05, 0) is 38.6 Å². The number of rotatable bonds is 6. The number of nitrogens with one attached hydrogen (secondary N) is 1. The normalized spacial score (nSPS) is 26.9. The van der Waals surface area contributed by atoms with E-state index in [2.05, 4.69) is 12.2 Å². The van der Waals surface area contributed by atoms with E-state index in [1.54, 1.807) is 4.90 Å². The molecule has 0 aromatic heterocycles. The highest BCUT2D eigenvalue weighted by molar-refractivity contribution is 5.90. The van der Waals surface area contributed by atoms with Gasteiger partial charge in [0.05, 0.1) is 12.1 Å². The number of nitrogens with two attached hydrogens (primary N) is 1. The summed E-state index contributed by atoms with van der Waals surface area (Å²) in [4.78, 5) is 26.2. The molecule has 1 aliphatic heterocycles. The van der Waals surface area contributed by atoms with Gasteiger partial charge in [-0.1, -0.05) is 26.2 Å². The van der Waals surface area contributed by atoms with Gasteiger partial charge in [-0.15, -0.1) is 0 Å². The van der Waals surface area contributed by atoms with Crippen LogP contribution < -0.4 is 11.1 Å². The van der Waals surface area contributed by atoms with Crippen molar-refractivity contribution in [2.75, 3.05) is 13.1 Å². The number of nitrogens with zero attached hydrogens (tertiary/aromatic N) is 1. The van der Waals surface area contributed by atoms with Crippen LogP contribution in [0.3, 0.4) is 0 Å². The van der Waals surface area contributed by atoms with E-state index < -0.39 is 11.4 Å². The zero-order valence-electron chi connectivity index (χ0n) is 12.5. The molecule has 0 spiro atoms. The molecular weight excluding hydrogens is 254 g/mol. The molecule has 2 rings (SSSR count). The maximum atomic E-state index is 13.0. The molecule has 114 valence electrons. The second-order valence-electron chi connectivity index (χ2n) is 6.20. The number of carbonyl (C=O) groups is 2. The minimum absolute atomic E-state index is 0.0661. The molecule has 3 N–H and O–H groups in total. The third-order valence-electron chi connectivity index (χ3n) is 4.68. The summed E-state index contributed by atoms with van der Waals surface area (Å²) in [6.45, 7) is 3.06. The molecule has 1 heterocycles. The fraction of sp³-hybridized carbons (Fsp3) is 0.867. The molecule has 2 fully saturated rings. The van der Waals surface area contributed by atoms with Crippen LogP contribution in [0, 0.1) is 0 Å². The highest BCUT2D eigenvalue weighted by Crippen LogP contribution is 2.31.